The van der Waals surface area contributed by atoms with Crippen LogP contribution in [0.5, 0.6) is 0 Å². The summed E-state index contributed by atoms with van der Waals surface area (Å²) >= 11 is 7.81. The molecule has 0 unspecified atom stereocenters. The fraction of sp³-hybridized carbons (Fsp3) is 0.407. The standard InChI is InChI=1S/C27H28ClN5O4S/c1-26(2,3)37-25(35)32-10-9-27(14-32)11-16(12-27)33-18-6-4-5-17(28)22(18)30-24(33)31-23(34)21-8-7-20(38-21)19-13-29-15-36-19/h4-8,13,15-16H,9-12,14H2,1-3H3,(H,30,31,34). The summed E-state index contributed by atoms with van der Waals surface area (Å²) in [5, 5.41) is 3.55. The number of likely N-dealkylation sites (tertiary alicyclic amines) is 1. The molecule has 1 N–H and O–H groups in total. The summed E-state index contributed by atoms with van der Waals surface area (Å²) in [4.78, 5) is 37.7. The predicted molar refractivity (Wildman–Crippen MR) is 146 cm³/mol. The topological polar surface area (TPSA) is 102 Å². The van der Waals surface area contributed by atoms with Crippen LogP contribution in [0.3, 0.4) is 0 Å². The molecule has 0 bridgehead atoms. The van der Waals surface area contributed by atoms with Gasteiger partial charge in [0.05, 0.1) is 26.5 Å². The molecule has 3 aromatic heterocycles. The van der Waals surface area contributed by atoms with E-state index >= 15 is 0 Å². The van der Waals surface area contributed by atoms with Gasteiger partial charge < -0.3 is 18.6 Å². The number of rotatable bonds is 4. The number of oxazole rings is 1. The normalized spacial score (nSPS) is 21.2. The molecular weight excluding hydrogens is 526 g/mol. The van der Waals surface area contributed by atoms with Crippen LogP contribution in [0.4, 0.5) is 10.7 Å². The third-order valence-corrected chi connectivity index (χ3v) is 8.60. The summed E-state index contributed by atoms with van der Waals surface area (Å²) in [7, 11) is 0. The largest absolute Gasteiger partial charge is 0.444 e. The number of benzene rings is 1. The van der Waals surface area contributed by atoms with Crippen molar-refractivity contribution in [1.29, 1.82) is 0 Å². The number of para-hydroxylation sites is 1. The molecule has 1 saturated carbocycles. The van der Waals surface area contributed by atoms with E-state index in [2.05, 4.69) is 14.9 Å². The number of amides is 2. The third kappa shape index (κ3) is 4.56. The third-order valence-electron chi connectivity index (χ3n) is 7.19. The minimum Gasteiger partial charge on any atom is -0.444 e. The molecule has 1 aliphatic heterocycles. The molecule has 2 amide bonds. The summed E-state index contributed by atoms with van der Waals surface area (Å²) in [6.07, 6.45) is 5.41. The lowest BCUT2D eigenvalue weighted by molar-refractivity contribution is 0.0199. The molecule has 11 heteroatoms. The molecule has 4 aromatic rings. The number of halogens is 1. The van der Waals surface area contributed by atoms with Crippen LogP contribution in [0, 0.1) is 5.41 Å². The first-order valence-corrected chi connectivity index (χ1v) is 13.7. The van der Waals surface area contributed by atoms with E-state index in [-0.39, 0.29) is 23.5 Å². The number of nitrogens with zero attached hydrogens (tertiary/aromatic N) is 4. The van der Waals surface area contributed by atoms with Crippen molar-refractivity contribution in [2.45, 2.75) is 51.7 Å². The molecule has 9 nitrogen and oxygen atoms in total. The van der Waals surface area contributed by atoms with Gasteiger partial charge in [-0.25, -0.2) is 14.8 Å². The van der Waals surface area contributed by atoms with E-state index in [9.17, 15) is 9.59 Å². The number of carbonyl (C=O) groups is 2. The van der Waals surface area contributed by atoms with Crippen LogP contribution in [-0.2, 0) is 4.74 Å². The van der Waals surface area contributed by atoms with Gasteiger partial charge in [-0.3, -0.25) is 10.1 Å². The van der Waals surface area contributed by atoms with Crippen LogP contribution >= 0.6 is 22.9 Å². The highest BCUT2D eigenvalue weighted by molar-refractivity contribution is 7.17. The number of nitrogens with one attached hydrogen (secondary N) is 1. The zero-order valence-electron chi connectivity index (χ0n) is 21.4. The average Bonchev–Trinajstić information content (AvgIpc) is 3.62. The summed E-state index contributed by atoms with van der Waals surface area (Å²) in [5.41, 5.74) is 1.05. The van der Waals surface area contributed by atoms with Crippen molar-refractivity contribution in [2.24, 2.45) is 5.41 Å². The number of hydrogen-bond donors (Lipinski definition) is 1. The lowest BCUT2D eigenvalue weighted by Gasteiger charge is -2.46. The maximum atomic E-state index is 13.2. The minimum atomic E-state index is -0.519. The highest BCUT2D eigenvalue weighted by Crippen LogP contribution is 2.55. The number of aromatic nitrogens is 3. The monoisotopic (exact) mass is 553 g/mol. The van der Waals surface area contributed by atoms with Crippen molar-refractivity contribution in [1.82, 2.24) is 19.4 Å². The van der Waals surface area contributed by atoms with Crippen LogP contribution < -0.4 is 5.32 Å². The van der Waals surface area contributed by atoms with Gasteiger partial charge in [0, 0.05) is 19.1 Å². The van der Waals surface area contributed by atoms with E-state index < -0.39 is 5.60 Å². The fourth-order valence-electron chi connectivity index (χ4n) is 5.51. The van der Waals surface area contributed by atoms with Gasteiger partial charge in [-0.15, -0.1) is 11.3 Å². The van der Waals surface area contributed by atoms with Crippen molar-refractivity contribution < 1.29 is 18.7 Å². The number of ether oxygens (including phenoxy) is 1. The number of hydrogen-bond acceptors (Lipinski definition) is 7. The Kier molecular flexibility index (Phi) is 5.99. The Morgan fingerprint density at radius 3 is 2.79 bits per heavy atom. The Bertz CT molecular complexity index is 1510. The average molecular weight is 554 g/mol. The van der Waals surface area contributed by atoms with Crippen LogP contribution in [0.25, 0.3) is 21.7 Å². The second-order valence-corrected chi connectivity index (χ2v) is 12.6. The Hall–Kier alpha value is -3.37. The molecule has 6 rings (SSSR count). The zero-order chi connectivity index (χ0) is 26.7. The molecule has 2 fully saturated rings. The summed E-state index contributed by atoms with van der Waals surface area (Å²) in [5.74, 6) is 0.832. The van der Waals surface area contributed by atoms with Gasteiger partial charge in [0.25, 0.3) is 5.91 Å². The Labute approximate surface area is 228 Å². The Morgan fingerprint density at radius 1 is 1.24 bits per heavy atom. The highest BCUT2D eigenvalue weighted by atomic mass is 35.5. The first-order chi connectivity index (χ1) is 18.1. The molecule has 1 saturated heterocycles. The van der Waals surface area contributed by atoms with Crippen molar-refractivity contribution in [3.8, 4) is 10.6 Å². The van der Waals surface area contributed by atoms with E-state index in [0.717, 1.165) is 29.7 Å². The minimum absolute atomic E-state index is 0.0394. The molecule has 2 aliphatic rings. The van der Waals surface area contributed by atoms with Gasteiger partial charge in [0.15, 0.2) is 12.2 Å². The molecule has 4 heterocycles. The van der Waals surface area contributed by atoms with Crippen molar-refractivity contribution in [3.63, 3.8) is 0 Å². The summed E-state index contributed by atoms with van der Waals surface area (Å²) in [6.45, 7) is 7.01. The second-order valence-electron chi connectivity index (χ2n) is 11.1. The first kappa shape index (κ1) is 24.9. The molecule has 1 aliphatic carbocycles. The highest BCUT2D eigenvalue weighted by Gasteiger charge is 2.51. The maximum absolute atomic E-state index is 13.2. The molecule has 38 heavy (non-hydrogen) atoms. The van der Waals surface area contributed by atoms with Crippen LogP contribution in [-0.4, -0.2) is 50.1 Å². The van der Waals surface area contributed by atoms with Crippen molar-refractivity contribution in [2.75, 3.05) is 18.4 Å². The molecule has 0 atom stereocenters. The van der Waals surface area contributed by atoms with E-state index in [4.69, 9.17) is 25.7 Å². The van der Waals surface area contributed by atoms with Crippen LogP contribution in [0.1, 0.15) is 55.7 Å². The number of anilines is 1. The summed E-state index contributed by atoms with van der Waals surface area (Å²) < 4.78 is 13.0. The lowest BCUT2D eigenvalue weighted by Crippen LogP contribution is -2.43. The van der Waals surface area contributed by atoms with Gasteiger partial charge in [-0.05, 0) is 69.7 Å². The van der Waals surface area contributed by atoms with E-state index in [1.54, 1.807) is 18.3 Å². The Balaban J connectivity index is 1.22. The smallest absolute Gasteiger partial charge is 0.410 e. The zero-order valence-corrected chi connectivity index (χ0v) is 22.9. The van der Waals surface area contributed by atoms with Gasteiger partial charge in [-0.2, -0.15) is 0 Å². The molecule has 198 valence electrons. The van der Waals surface area contributed by atoms with Gasteiger partial charge in [0.1, 0.15) is 11.1 Å². The Morgan fingerprint density at radius 2 is 2.05 bits per heavy atom. The van der Waals surface area contributed by atoms with Gasteiger partial charge in [-0.1, -0.05) is 17.7 Å². The predicted octanol–water partition coefficient (Wildman–Crippen LogP) is 6.62. The number of imidazole rings is 1. The van der Waals surface area contributed by atoms with Crippen molar-refractivity contribution in [3.05, 3.63) is 52.8 Å². The van der Waals surface area contributed by atoms with E-state index in [1.807, 2.05) is 43.9 Å². The number of thiophene rings is 1. The lowest BCUT2D eigenvalue weighted by atomic mass is 9.65. The van der Waals surface area contributed by atoms with Gasteiger partial charge in [0.2, 0.25) is 5.95 Å². The van der Waals surface area contributed by atoms with Crippen LogP contribution in [0.15, 0.2) is 47.3 Å². The first-order valence-electron chi connectivity index (χ1n) is 12.6. The van der Waals surface area contributed by atoms with Crippen molar-refractivity contribution >= 4 is 51.9 Å². The van der Waals surface area contributed by atoms with E-state index in [1.165, 1.54) is 17.7 Å². The fourth-order valence-corrected chi connectivity index (χ4v) is 6.57. The molecule has 0 radical (unpaired) electrons. The molecule has 1 aromatic carbocycles. The molecular formula is C27H28ClN5O4S. The van der Waals surface area contributed by atoms with E-state index in [0.29, 0.717) is 40.2 Å². The van der Waals surface area contributed by atoms with Gasteiger partial charge >= 0.3 is 6.09 Å². The summed E-state index contributed by atoms with van der Waals surface area (Å²) in [6, 6.07) is 9.40. The molecule has 1 spiro atoms. The number of carbonyl (C=O) groups excluding carboxylic acids is 2. The maximum Gasteiger partial charge on any atom is 0.410 e. The second kappa shape index (κ2) is 9.13. The number of fused-ring (bicyclic) bond motifs is 1. The quantitative estimate of drug-likeness (QED) is 0.304. The SMILES string of the molecule is CC(C)(C)OC(=O)N1CCC2(CC(n3c(NC(=O)c4ccc(-c5cnco5)s4)nc4c(Cl)cccc43)C2)C1. The van der Waals surface area contributed by atoms with Crippen LogP contribution in [0.2, 0.25) is 5.02 Å².